The first-order valence-electron chi connectivity index (χ1n) is 3.96. The van der Waals surface area contributed by atoms with Crippen molar-refractivity contribution in [1.82, 2.24) is 5.32 Å². The summed E-state index contributed by atoms with van der Waals surface area (Å²) >= 11 is 0. The number of aliphatic carboxylic acids is 1. The normalized spacial score (nSPS) is 30.1. The Labute approximate surface area is 72.9 Å². The van der Waals surface area contributed by atoms with Crippen LogP contribution in [0.15, 0.2) is 0 Å². The zero-order valence-corrected chi connectivity index (χ0v) is 6.77. The number of nitrogens with one attached hydrogen (secondary N) is 1. The number of carboxylic acids is 1. The van der Waals surface area contributed by atoms with Crippen LogP contribution >= 0.6 is 0 Å². The van der Waals surface area contributed by atoms with E-state index >= 15 is 0 Å². The predicted octanol–water partition coefficient (Wildman–Crippen LogP) is 1.00. The number of rotatable bonds is 1. The highest BCUT2D eigenvalue weighted by Crippen LogP contribution is 2.34. The molecule has 76 valence electrons. The van der Waals surface area contributed by atoms with E-state index < -0.39 is 24.1 Å². The van der Waals surface area contributed by atoms with E-state index in [1.165, 1.54) is 0 Å². The molecule has 3 nitrogen and oxygen atoms in total. The first-order chi connectivity index (χ1) is 5.93. The lowest BCUT2D eigenvalue weighted by Crippen LogP contribution is -2.51. The van der Waals surface area contributed by atoms with Crippen molar-refractivity contribution in [3.8, 4) is 0 Å². The van der Waals surface area contributed by atoms with Crippen molar-refractivity contribution in [2.45, 2.75) is 25.1 Å². The molecule has 2 N–H and O–H groups in total. The fourth-order valence-electron chi connectivity index (χ4n) is 1.50. The van der Waals surface area contributed by atoms with Crippen molar-refractivity contribution in [1.29, 1.82) is 0 Å². The molecular formula is C7H10F3NO2. The lowest BCUT2D eigenvalue weighted by molar-refractivity contribution is -0.194. The van der Waals surface area contributed by atoms with Gasteiger partial charge in [0.25, 0.3) is 0 Å². The quantitative estimate of drug-likeness (QED) is 0.659. The molecule has 1 aliphatic heterocycles. The molecule has 0 aromatic heterocycles. The molecule has 13 heavy (non-hydrogen) atoms. The molecule has 1 aliphatic rings. The Morgan fingerprint density at radius 3 is 2.46 bits per heavy atom. The Morgan fingerprint density at radius 1 is 1.46 bits per heavy atom. The molecule has 0 aliphatic carbocycles. The predicted molar refractivity (Wildman–Crippen MR) is 38.2 cm³/mol. The van der Waals surface area contributed by atoms with E-state index in [-0.39, 0.29) is 6.42 Å². The summed E-state index contributed by atoms with van der Waals surface area (Å²) in [5.41, 5.74) is 0. The molecule has 0 unspecified atom stereocenters. The van der Waals surface area contributed by atoms with Gasteiger partial charge in [-0.3, -0.25) is 4.79 Å². The third-order valence-electron chi connectivity index (χ3n) is 2.15. The molecule has 0 amide bonds. The van der Waals surface area contributed by atoms with Gasteiger partial charge in [0.2, 0.25) is 0 Å². The Hall–Kier alpha value is -0.780. The largest absolute Gasteiger partial charge is 0.480 e. The van der Waals surface area contributed by atoms with Crippen LogP contribution in [0.1, 0.15) is 12.8 Å². The van der Waals surface area contributed by atoms with Gasteiger partial charge in [-0.25, -0.2) is 0 Å². The van der Waals surface area contributed by atoms with Crippen molar-refractivity contribution in [2.24, 2.45) is 5.92 Å². The molecule has 0 radical (unpaired) electrons. The van der Waals surface area contributed by atoms with Gasteiger partial charge >= 0.3 is 12.1 Å². The lowest BCUT2D eigenvalue weighted by atomic mass is 9.90. The van der Waals surface area contributed by atoms with Crippen molar-refractivity contribution < 1.29 is 23.1 Å². The first-order valence-corrected chi connectivity index (χ1v) is 3.96. The van der Waals surface area contributed by atoms with Gasteiger partial charge < -0.3 is 10.4 Å². The summed E-state index contributed by atoms with van der Waals surface area (Å²) in [7, 11) is 0. The van der Waals surface area contributed by atoms with Crippen LogP contribution in [-0.4, -0.2) is 29.8 Å². The smallest absolute Gasteiger partial charge is 0.393 e. The summed E-state index contributed by atoms with van der Waals surface area (Å²) in [6.45, 7) is 0.337. The Balaban J connectivity index is 2.73. The van der Waals surface area contributed by atoms with E-state index in [0.717, 1.165) is 0 Å². The molecule has 1 saturated heterocycles. The second-order valence-corrected chi connectivity index (χ2v) is 3.06. The average molecular weight is 197 g/mol. The lowest BCUT2D eigenvalue weighted by Gasteiger charge is -2.30. The van der Waals surface area contributed by atoms with Gasteiger partial charge in [-0.2, -0.15) is 13.2 Å². The third-order valence-corrected chi connectivity index (χ3v) is 2.15. The monoisotopic (exact) mass is 197 g/mol. The van der Waals surface area contributed by atoms with E-state index in [9.17, 15) is 18.0 Å². The number of carboxylic acid groups (broad SMARTS) is 1. The Kier molecular flexibility index (Phi) is 2.80. The molecule has 0 aromatic rings. The van der Waals surface area contributed by atoms with Crippen molar-refractivity contribution in [3.63, 3.8) is 0 Å². The van der Waals surface area contributed by atoms with Crippen LogP contribution in [0.5, 0.6) is 0 Å². The third kappa shape index (κ3) is 2.33. The maximum absolute atomic E-state index is 12.2. The molecule has 1 fully saturated rings. The second-order valence-electron chi connectivity index (χ2n) is 3.06. The summed E-state index contributed by atoms with van der Waals surface area (Å²) in [5.74, 6) is -3.18. The Bertz CT molecular complexity index is 204. The van der Waals surface area contributed by atoms with Gasteiger partial charge in [0, 0.05) is 0 Å². The van der Waals surface area contributed by atoms with Gasteiger partial charge in [0.15, 0.2) is 0 Å². The van der Waals surface area contributed by atoms with E-state index in [1.807, 2.05) is 0 Å². The highest BCUT2D eigenvalue weighted by atomic mass is 19.4. The van der Waals surface area contributed by atoms with Crippen LogP contribution in [0.3, 0.4) is 0 Å². The van der Waals surface area contributed by atoms with Crippen molar-refractivity contribution >= 4 is 5.97 Å². The average Bonchev–Trinajstić information content (AvgIpc) is 2.03. The summed E-state index contributed by atoms with van der Waals surface area (Å²) in [4.78, 5) is 10.4. The number of hydrogen-bond donors (Lipinski definition) is 2. The molecule has 1 rings (SSSR count). The molecule has 0 aromatic carbocycles. The minimum Gasteiger partial charge on any atom is -0.480 e. The molecule has 1 heterocycles. The standard InChI is InChI=1S/C7H10F3NO2/c8-7(9,10)4-2-1-3-11-5(4)6(12)13/h4-5,11H,1-3H2,(H,12,13)/t4-,5-/m1/s1. The summed E-state index contributed by atoms with van der Waals surface area (Å²) < 4.78 is 36.7. The molecule has 0 spiro atoms. The summed E-state index contributed by atoms with van der Waals surface area (Å²) in [5, 5.41) is 10.9. The molecule has 2 atom stereocenters. The van der Waals surface area contributed by atoms with Gasteiger partial charge in [0.1, 0.15) is 6.04 Å². The van der Waals surface area contributed by atoms with Crippen molar-refractivity contribution in [3.05, 3.63) is 0 Å². The highest BCUT2D eigenvalue weighted by molar-refractivity contribution is 5.74. The zero-order chi connectivity index (χ0) is 10.1. The van der Waals surface area contributed by atoms with Crippen LogP contribution in [0.4, 0.5) is 13.2 Å². The zero-order valence-electron chi connectivity index (χ0n) is 6.77. The molecular weight excluding hydrogens is 187 g/mol. The highest BCUT2D eigenvalue weighted by Gasteiger charge is 2.48. The van der Waals surface area contributed by atoms with Gasteiger partial charge in [-0.15, -0.1) is 0 Å². The van der Waals surface area contributed by atoms with E-state index in [4.69, 9.17) is 5.11 Å². The van der Waals surface area contributed by atoms with E-state index in [2.05, 4.69) is 5.32 Å². The van der Waals surface area contributed by atoms with Gasteiger partial charge in [-0.05, 0) is 19.4 Å². The number of carbonyl (C=O) groups is 1. The van der Waals surface area contributed by atoms with Gasteiger partial charge in [0.05, 0.1) is 5.92 Å². The molecule has 6 heteroatoms. The van der Waals surface area contributed by atoms with E-state index in [1.54, 1.807) is 0 Å². The van der Waals surface area contributed by atoms with Crippen LogP contribution in [0.25, 0.3) is 0 Å². The molecule has 0 bridgehead atoms. The number of alkyl halides is 3. The van der Waals surface area contributed by atoms with Crippen LogP contribution in [0.2, 0.25) is 0 Å². The SMILES string of the molecule is O=C(O)[C@@H]1NCCC[C@H]1C(F)(F)F. The first kappa shape index (κ1) is 10.3. The maximum atomic E-state index is 12.2. The number of piperidine rings is 1. The fraction of sp³-hybridized carbons (Fsp3) is 0.857. The maximum Gasteiger partial charge on any atom is 0.393 e. The number of hydrogen-bond acceptors (Lipinski definition) is 2. The Morgan fingerprint density at radius 2 is 2.08 bits per heavy atom. The number of halogens is 3. The van der Waals surface area contributed by atoms with E-state index in [0.29, 0.717) is 13.0 Å². The second kappa shape index (κ2) is 3.53. The fourth-order valence-corrected chi connectivity index (χ4v) is 1.50. The molecule has 0 saturated carbocycles. The minimum atomic E-state index is -4.42. The van der Waals surface area contributed by atoms with Crippen LogP contribution in [0, 0.1) is 5.92 Å². The summed E-state index contributed by atoms with van der Waals surface area (Å²) in [6, 6.07) is -1.48. The van der Waals surface area contributed by atoms with Crippen LogP contribution < -0.4 is 5.32 Å². The summed E-state index contributed by atoms with van der Waals surface area (Å²) in [6.07, 6.45) is -4.15. The van der Waals surface area contributed by atoms with Crippen molar-refractivity contribution in [2.75, 3.05) is 6.54 Å². The minimum absolute atomic E-state index is 0.104. The van der Waals surface area contributed by atoms with Gasteiger partial charge in [-0.1, -0.05) is 0 Å². The topological polar surface area (TPSA) is 49.3 Å². The van der Waals surface area contributed by atoms with Crippen LogP contribution in [-0.2, 0) is 4.79 Å².